The molecule has 0 bridgehead atoms. The number of thiazole rings is 1. The second-order valence-corrected chi connectivity index (χ2v) is 11.0. The lowest BCUT2D eigenvalue weighted by Gasteiger charge is -2.24. The molecule has 0 radical (unpaired) electrons. The third-order valence-corrected chi connectivity index (χ3v) is 8.08. The van der Waals surface area contributed by atoms with Crippen LogP contribution < -0.4 is 19.6 Å². The molecule has 0 unspecified atom stereocenters. The molecule has 1 atom stereocenters. The van der Waals surface area contributed by atoms with Crippen LogP contribution in [0.25, 0.3) is 6.08 Å². The minimum atomic E-state index is -0.813. The van der Waals surface area contributed by atoms with Gasteiger partial charge < -0.3 is 9.47 Å². The van der Waals surface area contributed by atoms with Crippen LogP contribution in [0.2, 0.25) is 0 Å². The van der Waals surface area contributed by atoms with Crippen molar-refractivity contribution in [2.75, 3.05) is 6.61 Å². The Morgan fingerprint density at radius 1 is 1.20 bits per heavy atom. The number of rotatable bonds is 7. The summed E-state index contributed by atoms with van der Waals surface area (Å²) in [5, 5.41) is 9.31. The number of hydrogen-bond donors (Lipinski definition) is 0. The zero-order valence-electron chi connectivity index (χ0n) is 22.1. The standard InChI is InChI=1S/C31H23BrFN3O4S/c1-3-39-30(38)27-18(2)35-31-36(28(27)20-9-11-23(33)12-10-20)29(37)26(41-31)15-19-8-13-25(24(32)14-19)40-17-22-7-5-4-6-21(22)16-34/h4-15,28H,3,17H2,1-2H3/b26-15-/t28-/m0/s1. The van der Waals surface area contributed by atoms with Crippen LogP contribution in [0, 0.1) is 17.1 Å². The molecule has 0 N–H and O–H groups in total. The predicted molar refractivity (Wildman–Crippen MR) is 156 cm³/mol. The van der Waals surface area contributed by atoms with Gasteiger partial charge in [-0.05, 0) is 77.3 Å². The van der Waals surface area contributed by atoms with E-state index in [0.29, 0.717) is 36.4 Å². The summed E-state index contributed by atoms with van der Waals surface area (Å²) in [6.45, 7) is 3.79. The van der Waals surface area contributed by atoms with E-state index >= 15 is 0 Å². The summed E-state index contributed by atoms with van der Waals surface area (Å²) in [7, 11) is 0. The summed E-state index contributed by atoms with van der Waals surface area (Å²) >= 11 is 4.74. The Balaban J connectivity index is 1.52. The highest BCUT2D eigenvalue weighted by Crippen LogP contribution is 2.31. The first-order chi connectivity index (χ1) is 19.8. The Morgan fingerprint density at radius 3 is 2.66 bits per heavy atom. The first kappa shape index (κ1) is 28.2. The average Bonchev–Trinajstić information content (AvgIpc) is 3.26. The van der Waals surface area contributed by atoms with Crippen molar-refractivity contribution in [2.45, 2.75) is 26.5 Å². The lowest BCUT2D eigenvalue weighted by atomic mass is 9.96. The number of hydrogen-bond acceptors (Lipinski definition) is 7. The van der Waals surface area contributed by atoms with Gasteiger partial charge in [0.25, 0.3) is 5.56 Å². The van der Waals surface area contributed by atoms with Crippen molar-refractivity contribution in [1.29, 1.82) is 5.26 Å². The maximum atomic E-state index is 13.7. The average molecular weight is 633 g/mol. The highest BCUT2D eigenvalue weighted by Gasteiger charge is 2.33. The maximum absolute atomic E-state index is 13.7. The number of esters is 1. The molecule has 1 aliphatic rings. The zero-order valence-corrected chi connectivity index (χ0v) is 24.5. The maximum Gasteiger partial charge on any atom is 0.338 e. The van der Waals surface area contributed by atoms with E-state index in [1.807, 2.05) is 24.3 Å². The molecule has 41 heavy (non-hydrogen) atoms. The van der Waals surface area contributed by atoms with Gasteiger partial charge >= 0.3 is 5.97 Å². The largest absolute Gasteiger partial charge is 0.488 e. The van der Waals surface area contributed by atoms with Gasteiger partial charge in [0.15, 0.2) is 4.80 Å². The van der Waals surface area contributed by atoms with Crippen LogP contribution in [-0.4, -0.2) is 17.1 Å². The SMILES string of the molecule is CCOC(=O)C1=C(C)N=c2s/c(=C\c3ccc(OCc4ccccc4C#N)c(Br)c3)c(=O)n2[C@H]1c1ccc(F)cc1. The normalized spacial score (nSPS) is 14.7. The Morgan fingerprint density at radius 2 is 1.95 bits per heavy atom. The molecule has 0 saturated carbocycles. The van der Waals surface area contributed by atoms with E-state index in [0.717, 1.165) is 11.1 Å². The summed E-state index contributed by atoms with van der Waals surface area (Å²) in [6, 6.07) is 19.7. The number of carbonyl (C=O) groups is 1. The molecule has 2 heterocycles. The third kappa shape index (κ3) is 5.78. The van der Waals surface area contributed by atoms with Gasteiger partial charge in [0, 0.05) is 5.56 Å². The number of halogens is 2. The fraction of sp³-hybridized carbons (Fsp3) is 0.161. The second kappa shape index (κ2) is 12.0. The van der Waals surface area contributed by atoms with Gasteiger partial charge in [-0.15, -0.1) is 0 Å². The fourth-order valence-electron chi connectivity index (χ4n) is 4.54. The molecule has 1 aliphatic heterocycles. The molecule has 0 amide bonds. The number of nitrogens with zero attached hydrogens (tertiary/aromatic N) is 3. The van der Waals surface area contributed by atoms with Crippen molar-refractivity contribution in [1.82, 2.24) is 4.57 Å². The third-order valence-electron chi connectivity index (χ3n) is 6.48. The van der Waals surface area contributed by atoms with Gasteiger partial charge in [0.1, 0.15) is 18.2 Å². The number of nitriles is 1. The van der Waals surface area contributed by atoms with Crippen molar-refractivity contribution in [3.63, 3.8) is 0 Å². The number of aromatic nitrogens is 1. The van der Waals surface area contributed by atoms with Gasteiger partial charge in [-0.3, -0.25) is 9.36 Å². The lowest BCUT2D eigenvalue weighted by Crippen LogP contribution is -2.39. The molecular formula is C31H23BrFN3O4S. The minimum absolute atomic E-state index is 0.162. The quantitative estimate of drug-likeness (QED) is 0.263. The van der Waals surface area contributed by atoms with E-state index in [-0.39, 0.29) is 24.3 Å². The first-order valence-electron chi connectivity index (χ1n) is 12.7. The van der Waals surface area contributed by atoms with E-state index in [1.165, 1.54) is 28.0 Å². The van der Waals surface area contributed by atoms with Gasteiger partial charge in [0.05, 0.1) is 44.6 Å². The highest BCUT2D eigenvalue weighted by atomic mass is 79.9. The van der Waals surface area contributed by atoms with Crippen molar-refractivity contribution < 1.29 is 18.7 Å². The molecule has 3 aromatic carbocycles. The Hall–Kier alpha value is -4.33. The Kier molecular flexibility index (Phi) is 8.28. The molecule has 7 nitrogen and oxygen atoms in total. The molecule has 0 aliphatic carbocycles. The van der Waals surface area contributed by atoms with Crippen molar-refractivity contribution in [2.24, 2.45) is 4.99 Å². The first-order valence-corrected chi connectivity index (χ1v) is 14.3. The highest BCUT2D eigenvalue weighted by molar-refractivity contribution is 9.10. The van der Waals surface area contributed by atoms with Crippen LogP contribution in [-0.2, 0) is 16.1 Å². The molecule has 0 fully saturated rings. The molecule has 206 valence electrons. The topological polar surface area (TPSA) is 93.7 Å². The Labute approximate surface area is 247 Å². The van der Waals surface area contributed by atoms with Crippen LogP contribution in [0.5, 0.6) is 5.75 Å². The Bertz CT molecular complexity index is 1910. The molecule has 5 rings (SSSR count). The molecule has 1 aromatic heterocycles. The summed E-state index contributed by atoms with van der Waals surface area (Å²) in [5.41, 5.74) is 2.98. The van der Waals surface area contributed by atoms with E-state index in [4.69, 9.17) is 9.47 Å². The minimum Gasteiger partial charge on any atom is -0.488 e. The molecule has 10 heteroatoms. The number of allylic oxidation sites excluding steroid dienone is 1. The number of ether oxygens (including phenoxy) is 2. The van der Waals surface area contributed by atoms with Gasteiger partial charge in [0.2, 0.25) is 0 Å². The second-order valence-electron chi connectivity index (χ2n) is 9.10. The number of carbonyl (C=O) groups excluding carboxylic acids is 1. The molecular weight excluding hydrogens is 609 g/mol. The summed E-state index contributed by atoms with van der Waals surface area (Å²) in [4.78, 5) is 31.7. The van der Waals surface area contributed by atoms with Crippen LogP contribution in [0.1, 0.15) is 42.1 Å². The number of benzene rings is 3. The van der Waals surface area contributed by atoms with Crippen molar-refractivity contribution in [3.05, 3.63) is 130 Å². The van der Waals surface area contributed by atoms with Crippen LogP contribution in [0.3, 0.4) is 0 Å². The zero-order chi connectivity index (χ0) is 29.1. The van der Waals surface area contributed by atoms with Crippen LogP contribution in [0.15, 0.2) is 92.3 Å². The van der Waals surface area contributed by atoms with Gasteiger partial charge in [-0.2, -0.15) is 5.26 Å². The van der Waals surface area contributed by atoms with E-state index < -0.39 is 17.8 Å². The molecule has 0 saturated heterocycles. The molecule has 4 aromatic rings. The molecule has 0 spiro atoms. The monoisotopic (exact) mass is 631 g/mol. The van der Waals surface area contributed by atoms with Crippen molar-refractivity contribution in [3.8, 4) is 11.8 Å². The lowest BCUT2D eigenvalue weighted by molar-refractivity contribution is -0.139. The van der Waals surface area contributed by atoms with E-state index in [1.54, 1.807) is 50.3 Å². The number of fused-ring (bicyclic) bond motifs is 1. The van der Waals surface area contributed by atoms with Crippen LogP contribution >= 0.6 is 27.3 Å². The fourth-order valence-corrected chi connectivity index (χ4v) is 6.10. The van der Waals surface area contributed by atoms with Gasteiger partial charge in [-0.1, -0.05) is 47.7 Å². The summed E-state index contributed by atoms with van der Waals surface area (Å²) in [6.07, 6.45) is 1.74. The summed E-state index contributed by atoms with van der Waals surface area (Å²) < 4.78 is 27.5. The summed E-state index contributed by atoms with van der Waals surface area (Å²) in [5.74, 6) is -0.413. The van der Waals surface area contributed by atoms with Gasteiger partial charge in [-0.25, -0.2) is 14.2 Å². The van der Waals surface area contributed by atoms with E-state index in [2.05, 4.69) is 27.0 Å². The van der Waals surface area contributed by atoms with E-state index in [9.17, 15) is 19.2 Å². The predicted octanol–water partition coefficient (Wildman–Crippen LogP) is 5.15. The smallest absolute Gasteiger partial charge is 0.338 e. The van der Waals surface area contributed by atoms with Crippen LogP contribution in [0.4, 0.5) is 4.39 Å². The van der Waals surface area contributed by atoms with Crippen molar-refractivity contribution >= 4 is 39.3 Å².